The van der Waals surface area contributed by atoms with Crippen LogP contribution in [-0.4, -0.2) is 19.3 Å². The van der Waals surface area contributed by atoms with E-state index in [9.17, 15) is 8.42 Å². The Morgan fingerprint density at radius 1 is 1.17 bits per heavy atom. The van der Waals surface area contributed by atoms with Gasteiger partial charge in [0.2, 0.25) is 9.84 Å². The van der Waals surface area contributed by atoms with Gasteiger partial charge in [-0.05, 0) is 11.4 Å². The molecular formula is C12H11NO2S3. The highest BCUT2D eigenvalue weighted by molar-refractivity contribution is 7.93. The first-order chi connectivity index (χ1) is 8.59. The number of thiophene rings is 1. The summed E-state index contributed by atoms with van der Waals surface area (Å²) in [4.78, 5) is 0.440. The largest absolute Gasteiger partial charge is 0.362 e. The summed E-state index contributed by atoms with van der Waals surface area (Å²) >= 11 is 6.35. The zero-order chi connectivity index (χ0) is 13.0. The van der Waals surface area contributed by atoms with Gasteiger partial charge in [-0.15, -0.1) is 11.3 Å². The van der Waals surface area contributed by atoms with Crippen LogP contribution in [0.3, 0.4) is 0 Å². The molecule has 0 radical (unpaired) electrons. The molecular weight excluding hydrogens is 286 g/mol. The second-order valence-corrected chi connectivity index (χ2v) is 7.14. The Hall–Kier alpha value is -1.24. The van der Waals surface area contributed by atoms with Crippen LogP contribution >= 0.6 is 23.6 Å². The molecule has 6 heteroatoms. The third-order valence-corrected chi connectivity index (χ3v) is 5.63. The van der Waals surface area contributed by atoms with E-state index in [4.69, 9.17) is 12.2 Å². The van der Waals surface area contributed by atoms with E-state index in [0.717, 1.165) is 5.56 Å². The van der Waals surface area contributed by atoms with E-state index in [1.54, 1.807) is 17.5 Å². The summed E-state index contributed by atoms with van der Waals surface area (Å²) in [5.74, 6) is -0.179. The summed E-state index contributed by atoms with van der Waals surface area (Å²) in [7, 11) is -3.30. The molecule has 1 N–H and O–H groups in total. The van der Waals surface area contributed by atoms with E-state index >= 15 is 0 Å². The molecule has 2 rings (SSSR count). The molecule has 1 heterocycles. The van der Waals surface area contributed by atoms with Gasteiger partial charge in [0.15, 0.2) is 0 Å². The lowest BCUT2D eigenvalue weighted by molar-refractivity contribution is 0.596. The van der Waals surface area contributed by atoms with Crippen molar-refractivity contribution in [3.8, 4) is 0 Å². The van der Waals surface area contributed by atoms with E-state index < -0.39 is 9.84 Å². The van der Waals surface area contributed by atoms with Crippen LogP contribution in [0.4, 0.5) is 0 Å². The lowest BCUT2D eigenvalue weighted by Gasteiger charge is -2.07. The van der Waals surface area contributed by atoms with Crippen molar-refractivity contribution in [3.05, 3.63) is 53.4 Å². The van der Waals surface area contributed by atoms with Gasteiger partial charge >= 0.3 is 0 Å². The molecule has 0 spiro atoms. The standard InChI is InChI=1S/C12H11NO2S3/c14-18(15,11-7-4-8-17-11)9-13-12(16)10-5-2-1-3-6-10/h1-8H,9H2,(H,13,16). The second-order valence-electron chi connectivity index (χ2n) is 3.56. The Morgan fingerprint density at radius 2 is 1.89 bits per heavy atom. The summed E-state index contributed by atoms with van der Waals surface area (Å²) < 4.78 is 24.2. The van der Waals surface area contributed by atoms with Crippen LogP contribution in [0.1, 0.15) is 5.56 Å². The number of thiocarbonyl (C=S) groups is 1. The number of hydrogen-bond donors (Lipinski definition) is 1. The molecule has 0 fully saturated rings. The van der Waals surface area contributed by atoms with Gasteiger partial charge in [-0.3, -0.25) is 0 Å². The van der Waals surface area contributed by atoms with Gasteiger partial charge in [-0.25, -0.2) is 8.42 Å². The number of benzene rings is 1. The van der Waals surface area contributed by atoms with Crippen molar-refractivity contribution in [1.82, 2.24) is 5.32 Å². The highest BCUT2D eigenvalue weighted by Gasteiger charge is 2.15. The first-order valence-electron chi connectivity index (χ1n) is 5.19. The molecule has 0 aliphatic rings. The van der Waals surface area contributed by atoms with E-state index in [1.807, 2.05) is 30.3 Å². The van der Waals surface area contributed by atoms with Crippen molar-refractivity contribution < 1.29 is 8.42 Å². The van der Waals surface area contributed by atoms with Crippen LogP contribution in [0.25, 0.3) is 0 Å². The molecule has 0 saturated carbocycles. The van der Waals surface area contributed by atoms with E-state index in [2.05, 4.69) is 5.32 Å². The Kier molecular flexibility index (Phi) is 4.11. The normalized spacial score (nSPS) is 11.1. The first-order valence-corrected chi connectivity index (χ1v) is 8.13. The second kappa shape index (κ2) is 5.60. The fourth-order valence-electron chi connectivity index (χ4n) is 1.36. The number of rotatable bonds is 4. The van der Waals surface area contributed by atoms with Crippen molar-refractivity contribution in [1.29, 1.82) is 0 Å². The fraction of sp³-hybridized carbons (Fsp3) is 0.0833. The maximum absolute atomic E-state index is 11.9. The first kappa shape index (κ1) is 13.2. The molecule has 0 atom stereocenters. The predicted octanol–water partition coefficient (Wildman–Crippen LogP) is 2.44. The van der Waals surface area contributed by atoms with Crippen LogP contribution in [0, 0.1) is 0 Å². The summed E-state index contributed by atoms with van der Waals surface area (Å²) in [5, 5.41) is 4.52. The van der Waals surface area contributed by atoms with Crippen molar-refractivity contribution in [2.24, 2.45) is 0 Å². The van der Waals surface area contributed by atoms with Crippen LogP contribution in [-0.2, 0) is 9.84 Å². The summed E-state index contributed by atoms with van der Waals surface area (Å²) in [6.07, 6.45) is 0. The van der Waals surface area contributed by atoms with Gasteiger partial charge in [0.1, 0.15) is 15.1 Å². The highest BCUT2D eigenvalue weighted by atomic mass is 32.2. The lowest BCUT2D eigenvalue weighted by atomic mass is 10.2. The van der Waals surface area contributed by atoms with Gasteiger partial charge in [-0.1, -0.05) is 48.6 Å². The van der Waals surface area contributed by atoms with Crippen molar-refractivity contribution in [2.75, 3.05) is 5.88 Å². The molecule has 1 aromatic carbocycles. The number of nitrogens with one attached hydrogen (secondary N) is 1. The van der Waals surface area contributed by atoms with Crippen molar-refractivity contribution in [3.63, 3.8) is 0 Å². The quantitative estimate of drug-likeness (QED) is 0.881. The summed E-state index contributed by atoms with van der Waals surface area (Å²) in [5.41, 5.74) is 0.814. The minimum Gasteiger partial charge on any atom is -0.362 e. The Bertz CT molecular complexity index is 619. The molecule has 0 aliphatic heterocycles. The van der Waals surface area contributed by atoms with Crippen molar-refractivity contribution in [2.45, 2.75) is 4.21 Å². The van der Waals surface area contributed by atoms with E-state index in [-0.39, 0.29) is 5.88 Å². The third kappa shape index (κ3) is 3.16. The van der Waals surface area contributed by atoms with Gasteiger partial charge in [0.25, 0.3) is 0 Å². The average Bonchev–Trinajstić information content (AvgIpc) is 2.92. The molecule has 1 aromatic heterocycles. The minimum absolute atomic E-state index is 0.179. The molecule has 3 nitrogen and oxygen atoms in total. The maximum Gasteiger partial charge on any atom is 0.205 e. The SMILES string of the molecule is O=S(=O)(CNC(=S)c1ccccc1)c1cccs1. The monoisotopic (exact) mass is 297 g/mol. The molecule has 0 bridgehead atoms. The smallest absolute Gasteiger partial charge is 0.205 e. The van der Waals surface area contributed by atoms with E-state index in [1.165, 1.54) is 11.3 Å². The predicted molar refractivity (Wildman–Crippen MR) is 77.6 cm³/mol. The molecule has 0 saturated heterocycles. The Labute approximate surface area is 115 Å². The van der Waals surface area contributed by atoms with Crippen LogP contribution in [0.15, 0.2) is 52.1 Å². The van der Waals surface area contributed by atoms with Crippen LogP contribution in [0.5, 0.6) is 0 Å². The van der Waals surface area contributed by atoms with E-state index in [0.29, 0.717) is 9.20 Å². The highest BCUT2D eigenvalue weighted by Crippen LogP contribution is 2.16. The van der Waals surface area contributed by atoms with Crippen molar-refractivity contribution >= 4 is 38.4 Å². The maximum atomic E-state index is 11.9. The summed E-state index contributed by atoms with van der Waals surface area (Å²) in [6.45, 7) is 0. The Balaban J connectivity index is 2.03. The zero-order valence-corrected chi connectivity index (χ0v) is 11.8. The average molecular weight is 297 g/mol. The minimum atomic E-state index is -3.30. The lowest BCUT2D eigenvalue weighted by Crippen LogP contribution is -2.28. The number of hydrogen-bond acceptors (Lipinski definition) is 4. The third-order valence-electron chi connectivity index (χ3n) is 2.26. The topological polar surface area (TPSA) is 46.2 Å². The van der Waals surface area contributed by atoms with Gasteiger partial charge in [0, 0.05) is 5.56 Å². The molecule has 0 aliphatic carbocycles. The van der Waals surface area contributed by atoms with Gasteiger partial charge in [-0.2, -0.15) is 0 Å². The molecule has 0 amide bonds. The van der Waals surface area contributed by atoms with Gasteiger partial charge < -0.3 is 5.32 Å². The molecule has 0 unspecified atom stereocenters. The Morgan fingerprint density at radius 3 is 2.50 bits per heavy atom. The summed E-state index contributed by atoms with van der Waals surface area (Å²) in [6, 6.07) is 12.6. The van der Waals surface area contributed by atoms with Gasteiger partial charge in [0.05, 0.1) is 0 Å². The fourth-order valence-corrected chi connectivity index (χ4v) is 3.80. The van der Waals surface area contributed by atoms with Crippen LogP contribution < -0.4 is 5.32 Å². The molecule has 2 aromatic rings. The van der Waals surface area contributed by atoms with Crippen LogP contribution in [0.2, 0.25) is 0 Å². The number of sulfone groups is 1. The molecule has 94 valence electrons. The molecule has 18 heavy (non-hydrogen) atoms. The zero-order valence-electron chi connectivity index (χ0n) is 9.37.